The Kier molecular flexibility index (Phi) is 4.88. The van der Waals surface area contributed by atoms with Crippen LogP contribution in [-0.4, -0.2) is 26.4 Å². The average Bonchev–Trinajstić information content (AvgIpc) is 2.95. The number of carbonyl (C=O) groups excluding carboxylic acids is 1. The van der Waals surface area contributed by atoms with E-state index in [1.165, 1.54) is 11.1 Å². The van der Waals surface area contributed by atoms with E-state index < -0.39 is 0 Å². The molecule has 0 fully saturated rings. The third-order valence-electron chi connectivity index (χ3n) is 4.68. The summed E-state index contributed by atoms with van der Waals surface area (Å²) < 4.78 is 1.95. The Morgan fingerprint density at radius 2 is 1.80 bits per heavy atom. The first kappa shape index (κ1) is 17.2. The van der Waals surface area contributed by atoms with Crippen molar-refractivity contribution >= 4 is 16.9 Å². The summed E-state index contributed by atoms with van der Waals surface area (Å²) >= 11 is 0. The van der Waals surface area contributed by atoms with Gasteiger partial charge in [-0.2, -0.15) is 0 Å². The van der Waals surface area contributed by atoms with Gasteiger partial charge in [0.15, 0.2) is 0 Å². The first-order valence-corrected chi connectivity index (χ1v) is 8.71. The maximum atomic E-state index is 12.9. The summed E-state index contributed by atoms with van der Waals surface area (Å²) in [5, 5.41) is 0. The zero-order valence-corrected chi connectivity index (χ0v) is 15.4. The minimum Gasteiger partial charge on any atom is -0.334 e. The van der Waals surface area contributed by atoms with Crippen LogP contribution in [-0.2, 0) is 17.9 Å². The summed E-state index contributed by atoms with van der Waals surface area (Å²) in [6.07, 6.45) is 1.77. The molecule has 2 aromatic carbocycles. The molecule has 1 amide bonds. The van der Waals surface area contributed by atoms with Crippen molar-refractivity contribution in [2.75, 3.05) is 0 Å². The zero-order chi connectivity index (χ0) is 18.0. The van der Waals surface area contributed by atoms with Crippen molar-refractivity contribution in [2.45, 2.75) is 46.8 Å². The molecule has 4 heteroatoms. The lowest BCUT2D eigenvalue weighted by Crippen LogP contribution is -2.38. The monoisotopic (exact) mass is 335 g/mol. The van der Waals surface area contributed by atoms with Gasteiger partial charge in [0.05, 0.1) is 17.4 Å². The lowest BCUT2D eigenvalue weighted by Gasteiger charge is -2.27. The summed E-state index contributed by atoms with van der Waals surface area (Å²) in [4.78, 5) is 19.3. The van der Waals surface area contributed by atoms with Gasteiger partial charge in [-0.1, -0.05) is 30.3 Å². The van der Waals surface area contributed by atoms with Crippen LogP contribution in [0.2, 0.25) is 0 Å². The van der Waals surface area contributed by atoms with Gasteiger partial charge in [-0.3, -0.25) is 4.79 Å². The van der Waals surface area contributed by atoms with Crippen LogP contribution in [0.3, 0.4) is 0 Å². The number of hydrogen-bond acceptors (Lipinski definition) is 2. The molecular weight excluding hydrogens is 310 g/mol. The molecular formula is C21H25N3O. The lowest BCUT2D eigenvalue weighted by molar-refractivity contribution is -0.134. The maximum absolute atomic E-state index is 12.9. The van der Waals surface area contributed by atoms with E-state index in [-0.39, 0.29) is 11.9 Å². The lowest BCUT2D eigenvalue weighted by atomic mass is 10.1. The normalized spacial score (nSPS) is 11.2. The van der Waals surface area contributed by atoms with Crippen LogP contribution in [0.1, 0.15) is 30.5 Å². The minimum absolute atomic E-state index is 0.108. The Balaban J connectivity index is 1.83. The second-order valence-electron chi connectivity index (χ2n) is 6.90. The Hall–Kier alpha value is -2.62. The number of carbonyl (C=O) groups is 1. The highest BCUT2D eigenvalue weighted by atomic mass is 16.2. The summed E-state index contributed by atoms with van der Waals surface area (Å²) in [5.41, 5.74) is 5.53. The number of benzene rings is 2. The van der Waals surface area contributed by atoms with Crippen molar-refractivity contribution in [1.82, 2.24) is 14.5 Å². The van der Waals surface area contributed by atoms with Crippen LogP contribution in [0.5, 0.6) is 0 Å². The topological polar surface area (TPSA) is 38.1 Å². The van der Waals surface area contributed by atoms with Gasteiger partial charge in [0.2, 0.25) is 5.91 Å². The van der Waals surface area contributed by atoms with Crippen molar-refractivity contribution in [1.29, 1.82) is 0 Å². The summed E-state index contributed by atoms with van der Waals surface area (Å²) in [7, 11) is 0. The SMILES string of the molecule is Cc1cc2ncn(CC(=O)N(Cc3ccccc3)C(C)C)c2cc1C. The van der Waals surface area contributed by atoms with Crippen LogP contribution in [0, 0.1) is 13.8 Å². The first-order valence-electron chi connectivity index (χ1n) is 8.71. The molecule has 0 atom stereocenters. The van der Waals surface area contributed by atoms with Gasteiger partial charge < -0.3 is 9.47 Å². The molecule has 1 aromatic heterocycles. The molecule has 25 heavy (non-hydrogen) atoms. The quantitative estimate of drug-likeness (QED) is 0.704. The van der Waals surface area contributed by atoms with E-state index in [2.05, 4.69) is 56.9 Å². The van der Waals surface area contributed by atoms with Gasteiger partial charge in [-0.25, -0.2) is 4.98 Å². The Bertz CT molecular complexity index is 881. The summed E-state index contributed by atoms with van der Waals surface area (Å²) in [6, 6.07) is 14.5. The van der Waals surface area contributed by atoms with Crippen LogP contribution in [0.15, 0.2) is 48.8 Å². The molecule has 0 aliphatic carbocycles. The van der Waals surface area contributed by atoms with Crippen molar-refractivity contribution in [3.8, 4) is 0 Å². The van der Waals surface area contributed by atoms with Crippen LogP contribution >= 0.6 is 0 Å². The fourth-order valence-electron chi connectivity index (χ4n) is 3.01. The molecule has 3 rings (SSSR count). The van der Waals surface area contributed by atoms with E-state index in [9.17, 15) is 4.79 Å². The number of amides is 1. The highest BCUT2D eigenvalue weighted by Gasteiger charge is 2.18. The van der Waals surface area contributed by atoms with E-state index in [1.807, 2.05) is 27.7 Å². The molecule has 0 spiro atoms. The van der Waals surface area contributed by atoms with E-state index in [0.717, 1.165) is 16.6 Å². The van der Waals surface area contributed by atoms with Gasteiger partial charge in [-0.05, 0) is 56.5 Å². The van der Waals surface area contributed by atoms with E-state index >= 15 is 0 Å². The Morgan fingerprint density at radius 3 is 2.48 bits per heavy atom. The summed E-state index contributed by atoms with van der Waals surface area (Å²) in [5.74, 6) is 0.108. The molecule has 0 saturated carbocycles. The average molecular weight is 335 g/mol. The summed E-state index contributed by atoms with van der Waals surface area (Å²) in [6.45, 7) is 9.22. The number of rotatable bonds is 5. The van der Waals surface area contributed by atoms with E-state index in [0.29, 0.717) is 13.1 Å². The number of hydrogen-bond donors (Lipinski definition) is 0. The third kappa shape index (κ3) is 3.73. The maximum Gasteiger partial charge on any atom is 0.243 e. The van der Waals surface area contributed by atoms with Crippen molar-refractivity contribution in [2.24, 2.45) is 0 Å². The fraction of sp³-hybridized carbons (Fsp3) is 0.333. The van der Waals surface area contributed by atoms with Gasteiger partial charge in [0, 0.05) is 12.6 Å². The number of aryl methyl sites for hydroxylation is 2. The smallest absolute Gasteiger partial charge is 0.243 e. The molecule has 3 aromatic rings. The van der Waals surface area contributed by atoms with E-state index in [4.69, 9.17) is 0 Å². The molecule has 0 unspecified atom stereocenters. The molecule has 0 radical (unpaired) electrons. The highest BCUT2D eigenvalue weighted by Crippen LogP contribution is 2.19. The Labute approximate surface area is 149 Å². The predicted octanol–water partition coefficient (Wildman–Crippen LogP) is 4.09. The van der Waals surface area contributed by atoms with Crippen molar-refractivity contribution in [3.05, 3.63) is 65.5 Å². The molecule has 0 saturated heterocycles. The van der Waals surface area contributed by atoms with Gasteiger partial charge >= 0.3 is 0 Å². The number of fused-ring (bicyclic) bond motifs is 1. The van der Waals surface area contributed by atoms with Crippen LogP contribution in [0.25, 0.3) is 11.0 Å². The standard InChI is InChI=1S/C21H25N3O/c1-15(2)24(12-18-8-6-5-7-9-18)21(25)13-23-14-22-19-10-16(3)17(4)11-20(19)23/h5-11,14-15H,12-13H2,1-4H3. The third-order valence-corrected chi connectivity index (χ3v) is 4.68. The zero-order valence-electron chi connectivity index (χ0n) is 15.4. The molecule has 0 aliphatic heterocycles. The highest BCUT2D eigenvalue weighted by molar-refractivity contribution is 5.81. The molecule has 0 N–H and O–H groups in total. The predicted molar refractivity (Wildman–Crippen MR) is 101 cm³/mol. The minimum atomic E-state index is 0.108. The largest absolute Gasteiger partial charge is 0.334 e. The molecule has 130 valence electrons. The van der Waals surface area contributed by atoms with Crippen LogP contribution < -0.4 is 0 Å². The molecule has 1 heterocycles. The number of aromatic nitrogens is 2. The van der Waals surface area contributed by atoms with E-state index in [1.54, 1.807) is 6.33 Å². The van der Waals surface area contributed by atoms with Gasteiger partial charge in [-0.15, -0.1) is 0 Å². The van der Waals surface area contributed by atoms with Crippen LogP contribution in [0.4, 0.5) is 0 Å². The van der Waals surface area contributed by atoms with Crippen molar-refractivity contribution in [3.63, 3.8) is 0 Å². The molecule has 4 nitrogen and oxygen atoms in total. The second kappa shape index (κ2) is 7.09. The van der Waals surface area contributed by atoms with Gasteiger partial charge in [0.1, 0.15) is 6.54 Å². The second-order valence-corrected chi connectivity index (χ2v) is 6.90. The van der Waals surface area contributed by atoms with Crippen molar-refractivity contribution < 1.29 is 4.79 Å². The number of nitrogens with zero attached hydrogens (tertiary/aromatic N) is 3. The van der Waals surface area contributed by atoms with Gasteiger partial charge in [0.25, 0.3) is 0 Å². The Morgan fingerprint density at radius 1 is 1.12 bits per heavy atom. The first-order chi connectivity index (χ1) is 12.0. The number of imidazole rings is 1. The molecule has 0 bridgehead atoms. The fourth-order valence-corrected chi connectivity index (χ4v) is 3.01. The molecule has 0 aliphatic rings.